The fourth-order valence-electron chi connectivity index (χ4n) is 5.85. The molecule has 10 heteroatoms. The summed E-state index contributed by atoms with van der Waals surface area (Å²) in [6.07, 6.45) is 10.0. The Morgan fingerprint density at radius 2 is 1.93 bits per heavy atom. The number of carbonyl (C=O) groups is 1. The number of carboxylic acids is 1. The van der Waals surface area contributed by atoms with E-state index in [4.69, 9.17) is 26.1 Å². The van der Waals surface area contributed by atoms with Crippen LogP contribution in [-0.2, 0) is 24.4 Å². The molecule has 6 rings (SSSR count). The normalized spacial score (nSPS) is 17.6. The summed E-state index contributed by atoms with van der Waals surface area (Å²) >= 11 is 6.06. The minimum atomic E-state index is -0.983. The van der Waals surface area contributed by atoms with Gasteiger partial charge < -0.3 is 23.7 Å². The molecule has 0 aliphatic carbocycles. The number of aryl methyl sites for hydroxylation is 1. The molecule has 0 spiro atoms. The Kier molecular flexibility index (Phi) is 8.30. The SMILES string of the molecule is CCn1cncc1Cn1c(C=CC(=O)O)cnc1CN1CCC(c2cccc3c2OC[C@@H](c2ccc(Cl)cc2)O3)CC1. The number of aliphatic carboxylic acids is 1. The lowest BCUT2D eigenvalue weighted by Crippen LogP contribution is -2.34. The summed E-state index contributed by atoms with van der Waals surface area (Å²) in [5.41, 5.74) is 4.06. The number of benzene rings is 2. The first-order valence-electron chi connectivity index (χ1n) is 14.3. The Hall–Kier alpha value is -4.08. The van der Waals surface area contributed by atoms with Gasteiger partial charge in [-0.1, -0.05) is 35.9 Å². The molecule has 1 N–H and O–H groups in total. The molecule has 0 radical (unpaired) electrons. The molecule has 2 aliphatic rings. The molecule has 0 unspecified atom stereocenters. The summed E-state index contributed by atoms with van der Waals surface area (Å²) in [6.45, 7) is 6.45. The van der Waals surface area contributed by atoms with Crippen molar-refractivity contribution in [3.63, 3.8) is 0 Å². The van der Waals surface area contributed by atoms with E-state index < -0.39 is 5.97 Å². The molecule has 1 fully saturated rings. The maximum atomic E-state index is 11.2. The lowest BCUT2D eigenvalue weighted by atomic mass is 9.88. The van der Waals surface area contributed by atoms with E-state index in [1.54, 1.807) is 12.3 Å². The second-order valence-electron chi connectivity index (χ2n) is 10.7. The van der Waals surface area contributed by atoms with Gasteiger partial charge in [-0.3, -0.25) is 4.90 Å². The number of aromatic nitrogens is 4. The van der Waals surface area contributed by atoms with E-state index in [0.29, 0.717) is 30.6 Å². The summed E-state index contributed by atoms with van der Waals surface area (Å²) in [6, 6.07) is 13.9. The highest BCUT2D eigenvalue weighted by Gasteiger charge is 2.30. The van der Waals surface area contributed by atoms with E-state index in [1.807, 2.05) is 42.9 Å². The number of rotatable bonds is 9. The standard InChI is InChI=1S/C32H34ClN5O4/c1-2-37-21-34-16-26(37)18-38-25(10-11-31(39)40)17-35-30(38)19-36-14-12-22(13-15-36)27-4-3-5-28-32(27)41-20-29(42-28)23-6-8-24(33)9-7-23/h3-11,16-17,21-22,29H,2,12-15,18-20H2,1H3,(H,39,40)/t29-/m0/s1. The predicted molar refractivity (Wildman–Crippen MR) is 160 cm³/mol. The molecule has 4 aromatic rings. The number of halogens is 1. The molecule has 4 heterocycles. The smallest absolute Gasteiger partial charge is 0.328 e. The first-order chi connectivity index (χ1) is 20.5. The third kappa shape index (κ3) is 6.07. The van der Waals surface area contributed by atoms with E-state index in [2.05, 4.69) is 38.1 Å². The average molecular weight is 588 g/mol. The first-order valence-corrected chi connectivity index (χ1v) is 14.7. The summed E-state index contributed by atoms with van der Waals surface area (Å²) < 4.78 is 16.9. The molecule has 1 atom stereocenters. The number of likely N-dealkylation sites (tertiary alicyclic amines) is 1. The van der Waals surface area contributed by atoms with Gasteiger partial charge in [0.15, 0.2) is 17.6 Å². The van der Waals surface area contributed by atoms with E-state index >= 15 is 0 Å². The van der Waals surface area contributed by atoms with Crippen molar-refractivity contribution in [1.82, 2.24) is 24.0 Å². The fraction of sp³-hybridized carbons (Fsp3) is 0.344. The Morgan fingerprint density at radius 3 is 2.69 bits per heavy atom. The fourth-order valence-corrected chi connectivity index (χ4v) is 5.97. The van der Waals surface area contributed by atoms with Crippen LogP contribution in [0.4, 0.5) is 0 Å². The lowest BCUT2D eigenvalue weighted by molar-refractivity contribution is -0.131. The minimum absolute atomic E-state index is 0.165. The van der Waals surface area contributed by atoms with Crippen LogP contribution in [0.1, 0.15) is 60.1 Å². The van der Waals surface area contributed by atoms with Crippen LogP contribution in [0, 0.1) is 0 Å². The van der Waals surface area contributed by atoms with E-state index in [0.717, 1.165) is 72.8 Å². The van der Waals surface area contributed by atoms with Gasteiger partial charge in [-0.25, -0.2) is 14.8 Å². The van der Waals surface area contributed by atoms with Crippen LogP contribution >= 0.6 is 11.6 Å². The molecular formula is C32H34ClN5O4. The largest absolute Gasteiger partial charge is 0.485 e. The summed E-state index contributed by atoms with van der Waals surface area (Å²) in [7, 11) is 0. The van der Waals surface area contributed by atoms with Gasteiger partial charge in [0, 0.05) is 29.4 Å². The monoisotopic (exact) mass is 587 g/mol. The maximum absolute atomic E-state index is 11.2. The summed E-state index contributed by atoms with van der Waals surface area (Å²) in [5.74, 6) is 1.95. The van der Waals surface area contributed by atoms with Crippen molar-refractivity contribution in [3.8, 4) is 11.5 Å². The topological polar surface area (TPSA) is 94.6 Å². The van der Waals surface area contributed by atoms with Gasteiger partial charge in [0.1, 0.15) is 12.4 Å². The van der Waals surface area contributed by atoms with E-state index in [9.17, 15) is 9.90 Å². The second kappa shape index (κ2) is 12.4. The maximum Gasteiger partial charge on any atom is 0.328 e. The number of carboxylic acid groups (broad SMARTS) is 1. The highest BCUT2D eigenvalue weighted by atomic mass is 35.5. The average Bonchev–Trinajstić information content (AvgIpc) is 3.62. The quantitative estimate of drug-likeness (QED) is 0.248. The number of nitrogens with zero attached hydrogens (tertiary/aromatic N) is 5. The van der Waals surface area contributed by atoms with Crippen LogP contribution in [0.3, 0.4) is 0 Å². The summed E-state index contributed by atoms with van der Waals surface area (Å²) in [5, 5.41) is 9.88. The zero-order valence-corrected chi connectivity index (χ0v) is 24.3. The van der Waals surface area contributed by atoms with Gasteiger partial charge in [0.05, 0.1) is 37.0 Å². The molecule has 2 aromatic carbocycles. The molecule has 1 saturated heterocycles. The lowest BCUT2D eigenvalue weighted by Gasteiger charge is -2.34. The van der Waals surface area contributed by atoms with Crippen LogP contribution in [-0.4, -0.2) is 54.8 Å². The van der Waals surface area contributed by atoms with Crippen LogP contribution in [0.25, 0.3) is 6.08 Å². The summed E-state index contributed by atoms with van der Waals surface area (Å²) in [4.78, 5) is 22.6. The third-order valence-electron chi connectivity index (χ3n) is 8.12. The van der Waals surface area contributed by atoms with Gasteiger partial charge in [-0.15, -0.1) is 0 Å². The zero-order valence-electron chi connectivity index (χ0n) is 23.5. The molecule has 2 aliphatic heterocycles. The van der Waals surface area contributed by atoms with Gasteiger partial charge in [-0.05, 0) is 68.6 Å². The van der Waals surface area contributed by atoms with Crippen LogP contribution in [0.15, 0.2) is 67.3 Å². The van der Waals surface area contributed by atoms with E-state index in [-0.39, 0.29) is 6.10 Å². The third-order valence-corrected chi connectivity index (χ3v) is 8.37. The number of imidazole rings is 2. The highest BCUT2D eigenvalue weighted by Crippen LogP contribution is 2.44. The van der Waals surface area contributed by atoms with Gasteiger partial charge in [0.2, 0.25) is 0 Å². The van der Waals surface area contributed by atoms with Gasteiger partial charge in [0.25, 0.3) is 0 Å². The Labute approximate surface area is 250 Å². The van der Waals surface area contributed by atoms with E-state index in [1.165, 1.54) is 5.56 Å². The van der Waals surface area contributed by atoms with Crippen LogP contribution < -0.4 is 9.47 Å². The van der Waals surface area contributed by atoms with Crippen molar-refractivity contribution in [3.05, 3.63) is 101 Å². The van der Waals surface area contributed by atoms with Crippen LogP contribution in [0.2, 0.25) is 5.02 Å². The Balaban J connectivity index is 1.13. The predicted octanol–water partition coefficient (Wildman–Crippen LogP) is 5.79. The Morgan fingerprint density at radius 1 is 1.12 bits per heavy atom. The highest BCUT2D eigenvalue weighted by molar-refractivity contribution is 6.30. The number of hydrogen-bond donors (Lipinski definition) is 1. The number of para-hydroxylation sites is 1. The molecule has 0 saturated carbocycles. The molecule has 218 valence electrons. The number of hydrogen-bond acceptors (Lipinski definition) is 6. The minimum Gasteiger partial charge on any atom is -0.485 e. The van der Waals surface area contributed by atoms with Gasteiger partial charge in [-0.2, -0.15) is 0 Å². The van der Waals surface area contributed by atoms with Crippen molar-refractivity contribution in [2.75, 3.05) is 19.7 Å². The molecule has 0 amide bonds. The number of fused-ring (bicyclic) bond motifs is 1. The first kappa shape index (κ1) is 28.1. The molecular weight excluding hydrogens is 554 g/mol. The Bertz CT molecular complexity index is 1570. The number of ether oxygens (including phenoxy) is 2. The molecule has 0 bridgehead atoms. The van der Waals surface area contributed by atoms with Crippen molar-refractivity contribution in [1.29, 1.82) is 0 Å². The number of piperidine rings is 1. The molecule has 2 aromatic heterocycles. The zero-order chi connectivity index (χ0) is 29.1. The molecule has 42 heavy (non-hydrogen) atoms. The van der Waals surface area contributed by atoms with Crippen LogP contribution in [0.5, 0.6) is 11.5 Å². The van der Waals surface area contributed by atoms with Crippen molar-refractivity contribution >= 4 is 23.6 Å². The van der Waals surface area contributed by atoms with Crippen molar-refractivity contribution in [2.45, 2.75) is 51.4 Å². The van der Waals surface area contributed by atoms with Crippen molar-refractivity contribution in [2.24, 2.45) is 0 Å². The van der Waals surface area contributed by atoms with Crippen molar-refractivity contribution < 1.29 is 19.4 Å². The molecule has 9 nitrogen and oxygen atoms in total. The second-order valence-corrected chi connectivity index (χ2v) is 11.2. The van der Waals surface area contributed by atoms with Gasteiger partial charge >= 0.3 is 5.97 Å².